The maximum Gasteiger partial charge on any atom is 0.188 e. The molecule has 0 bridgehead atoms. The monoisotopic (exact) mass is 403 g/mol. The topological polar surface area (TPSA) is 62.5 Å². The second-order valence-corrected chi connectivity index (χ2v) is 7.50. The molecule has 8 heteroatoms. The van der Waals surface area contributed by atoms with Crippen molar-refractivity contribution in [2.45, 2.75) is 18.9 Å². The van der Waals surface area contributed by atoms with Crippen LogP contribution in [-0.2, 0) is 0 Å². The third-order valence-electron chi connectivity index (χ3n) is 5.76. The number of benzene rings is 1. The first-order valence-corrected chi connectivity index (χ1v) is 10.1. The van der Waals surface area contributed by atoms with E-state index in [2.05, 4.69) is 44.2 Å². The normalized spacial score (nSPS) is 14.9. The molecule has 0 radical (unpaired) electrons. The summed E-state index contributed by atoms with van der Waals surface area (Å²) in [6.45, 7) is 1.96. The summed E-state index contributed by atoms with van der Waals surface area (Å²) in [6.07, 6.45) is 5.72. The lowest BCUT2D eigenvalue weighted by Gasteiger charge is -2.38. The fourth-order valence-corrected chi connectivity index (χ4v) is 4.03. The fourth-order valence-electron chi connectivity index (χ4n) is 4.03. The first-order chi connectivity index (χ1) is 14.7. The zero-order valence-corrected chi connectivity index (χ0v) is 16.7. The SMILES string of the molecule is CN(c1ccc2nnc(-c3ccccc3F)n2n1)C1CCN(c2ccncc2)CC1. The third-order valence-corrected chi connectivity index (χ3v) is 5.76. The molecule has 1 saturated heterocycles. The van der Waals surface area contributed by atoms with Gasteiger partial charge in [-0.15, -0.1) is 15.3 Å². The van der Waals surface area contributed by atoms with E-state index in [1.54, 1.807) is 22.7 Å². The minimum absolute atomic E-state index is 0.337. The number of fused-ring (bicyclic) bond motifs is 1. The highest BCUT2D eigenvalue weighted by atomic mass is 19.1. The molecule has 152 valence electrons. The number of piperidine rings is 1. The van der Waals surface area contributed by atoms with Gasteiger partial charge in [0.1, 0.15) is 11.6 Å². The highest BCUT2D eigenvalue weighted by Crippen LogP contribution is 2.26. The molecule has 3 aromatic heterocycles. The molecule has 0 aliphatic carbocycles. The predicted molar refractivity (Wildman–Crippen MR) is 114 cm³/mol. The number of hydrogen-bond acceptors (Lipinski definition) is 6. The summed E-state index contributed by atoms with van der Waals surface area (Å²) in [6, 6.07) is 14.9. The Morgan fingerprint density at radius 2 is 1.73 bits per heavy atom. The van der Waals surface area contributed by atoms with Gasteiger partial charge in [0.15, 0.2) is 11.5 Å². The second kappa shape index (κ2) is 7.70. The van der Waals surface area contributed by atoms with Crippen molar-refractivity contribution in [3.05, 3.63) is 66.7 Å². The van der Waals surface area contributed by atoms with Crippen molar-refractivity contribution >= 4 is 17.2 Å². The van der Waals surface area contributed by atoms with Crippen LogP contribution in [0.5, 0.6) is 0 Å². The highest BCUT2D eigenvalue weighted by Gasteiger charge is 2.24. The Bertz CT molecular complexity index is 1150. The van der Waals surface area contributed by atoms with Gasteiger partial charge in [-0.2, -0.15) is 4.52 Å². The predicted octanol–water partition coefficient (Wildman–Crippen LogP) is 3.43. The third kappa shape index (κ3) is 3.34. The van der Waals surface area contributed by atoms with Crippen molar-refractivity contribution in [1.82, 2.24) is 24.8 Å². The number of hydrogen-bond donors (Lipinski definition) is 0. The molecule has 0 saturated carbocycles. The molecule has 4 aromatic rings. The largest absolute Gasteiger partial charge is 0.371 e. The minimum atomic E-state index is -0.337. The van der Waals surface area contributed by atoms with Gasteiger partial charge >= 0.3 is 0 Å². The molecule has 0 spiro atoms. The van der Waals surface area contributed by atoms with E-state index >= 15 is 0 Å². The number of halogens is 1. The zero-order valence-electron chi connectivity index (χ0n) is 16.7. The van der Waals surface area contributed by atoms with Crippen LogP contribution < -0.4 is 9.80 Å². The molecular formula is C22H22FN7. The Labute approximate surface area is 173 Å². The lowest BCUT2D eigenvalue weighted by Crippen LogP contribution is -2.44. The lowest BCUT2D eigenvalue weighted by atomic mass is 10.0. The first-order valence-electron chi connectivity index (χ1n) is 10.1. The summed E-state index contributed by atoms with van der Waals surface area (Å²) in [4.78, 5) is 8.69. The van der Waals surface area contributed by atoms with E-state index in [0.717, 1.165) is 31.7 Å². The summed E-state index contributed by atoms with van der Waals surface area (Å²) in [5.74, 6) is 0.893. The average Bonchev–Trinajstić information content (AvgIpc) is 3.23. The standard InChI is InChI=1S/C22H22FN7/c1-28(16-10-14-29(15-11-16)17-8-12-24-13-9-17)21-7-6-20-25-26-22(30(20)27-21)18-4-2-3-5-19(18)23/h2-9,12-13,16H,10-11,14-15H2,1H3. The lowest BCUT2D eigenvalue weighted by molar-refractivity contribution is 0.479. The van der Waals surface area contributed by atoms with Gasteiger partial charge < -0.3 is 9.80 Å². The number of nitrogens with zero attached hydrogens (tertiary/aromatic N) is 7. The van der Waals surface area contributed by atoms with Gasteiger partial charge in [0.2, 0.25) is 0 Å². The van der Waals surface area contributed by atoms with E-state index in [0.29, 0.717) is 23.1 Å². The van der Waals surface area contributed by atoms with E-state index < -0.39 is 0 Å². The van der Waals surface area contributed by atoms with Gasteiger partial charge in [-0.3, -0.25) is 4.98 Å². The Kier molecular flexibility index (Phi) is 4.74. The van der Waals surface area contributed by atoms with Crippen LogP contribution in [0.1, 0.15) is 12.8 Å². The summed E-state index contributed by atoms with van der Waals surface area (Å²) in [5, 5.41) is 13.0. The van der Waals surface area contributed by atoms with Crippen LogP contribution in [0.25, 0.3) is 17.0 Å². The Morgan fingerprint density at radius 1 is 0.967 bits per heavy atom. The van der Waals surface area contributed by atoms with Crippen molar-refractivity contribution in [3.8, 4) is 11.4 Å². The maximum absolute atomic E-state index is 14.3. The average molecular weight is 403 g/mol. The molecule has 30 heavy (non-hydrogen) atoms. The van der Waals surface area contributed by atoms with Crippen molar-refractivity contribution in [2.75, 3.05) is 29.9 Å². The van der Waals surface area contributed by atoms with Gasteiger partial charge in [-0.25, -0.2) is 4.39 Å². The van der Waals surface area contributed by atoms with Gasteiger partial charge in [0, 0.05) is 44.3 Å². The van der Waals surface area contributed by atoms with E-state index in [4.69, 9.17) is 5.10 Å². The molecule has 0 N–H and O–H groups in total. The zero-order chi connectivity index (χ0) is 20.5. The van der Waals surface area contributed by atoms with Crippen LogP contribution in [0.2, 0.25) is 0 Å². The Balaban J connectivity index is 1.37. The van der Waals surface area contributed by atoms with E-state index in [-0.39, 0.29) is 5.82 Å². The Hall–Kier alpha value is -3.55. The van der Waals surface area contributed by atoms with Crippen LogP contribution in [0.4, 0.5) is 15.9 Å². The molecule has 0 atom stereocenters. The van der Waals surface area contributed by atoms with Gasteiger partial charge in [-0.05, 0) is 49.2 Å². The molecule has 1 aliphatic heterocycles. The molecule has 0 amide bonds. The molecule has 1 aromatic carbocycles. The van der Waals surface area contributed by atoms with Gasteiger partial charge in [0.25, 0.3) is 0 Å². The summed E-state index contributed by atoms with van der Waals surface area (Å²) in [5.41, 5.74) is 2.20. The Morgan fingerprint density at radius 3 is 2.50 bits per heavy atom. The van der Waals surface area contributed by atoms with E-state index in [1.165, 1.54) is 11.8 Å². The summed E-state index contributed by atoms with van der Waals surface area (Å²) < 4.78 is 15.9. The molecule has 1 aliphatic rings. The van der Waals surface area contributed by atoms with E-state index in [1.807, 2.05) is 24.5 Å². The molecular weight excluding hydrogens is 381 g/mol. The van der Waals surface area contributed by atoms with Crippen LogP contribution in [0, 0.1) is 5.82 Å². The molecule has 7 nitrogen and oxygen atoms in total. The maximum atomic E-state index is 14.3. The molecule has 4 heterocycles. The summed E-state index contributed by atoms with van der Waals surface area (Å²) >= 11 is 0. The minimum Gasteiger partial charge on any atom is -0.371 e. The molecule has 1 fully saturated rings. The van der Waals surface area contributed by atoms with E-state index in [9.17, 15) is 4.39 Å². The van der Waals surface area contributed by atoms with Crippen LogP contribution >= 0.6 is 0 Å². The number of aromatic nitrogens is 5. The fraction of sp³-hybridized carbons (Fsp3) is 0.273. The molecule has 5 rings (SSSR count). The number of pyridine rings is 1. The molecule has 0 unspecified atom stereocenters. The van der Waals surface area contributed by atoms with Crippen molar-refractivity contribution in [1.29, 1.82) is 0 Å². The smallest absolute Gasteiger partial charge is 0.188 e. The van der Waals surface area contributed by atoms with Crippen molar-refractivity contribution in [2.24, 2.45) is 0 Å². The van der Waals surface area contributed by atoms with Crippen LogP contribution in [0.3, 0.4) is 0 Å². The van der Waals surface area contributed by atoms with Crippen LogP contribution in [0.15, 0.2) is 60.9 Å². The first kappa shape index (κ1) is 18.5. The summed E-state index contributed by atoms with van der Waals surface area (Å²) in [7, 11) is 2.06. The second-order valence-electron chi connectivity index (χ2n) is 7.50. The van der Waals surface area contributed by atoms with Gasteiger partial charge in [-0.1, -0.05) is 12.1 Å². The highest BCUT2D eigenvalue weighted by molar-refractivity contribution is 5.60. The van der Waals surface area contributed by atoms with Crippen molar-refractivity contribution in [3.63, 3.8) is 0 Å². The van der Waals surface area contributed by atoms with Crippen molar-refractivity contribution < 1.29 is 4.39 Å². The number of rotatable bonds is 4. The van der Waals surface area contributed by atoms with Gasteiger partial charge in [0.05, 0.1) is 5.56 Å². The van der Waals surface area contributed by atoms with Crippen LogP contribution in [-0.4, -0.2) is 51.0 Å². The quantitative estimate of drug-likeness (QED) is 0.520. The number of anilines is 2.